The Morgan fingerprint density at radius 3 is 2.75 bits per heavy atom. The van der Waals surface area contributed by atoms with Gasteiger partial charge in [0.1, 0.15) is 0 Å². The van der Waals surface area contributed by atoms with Crippen molar-refractivity contribution in [3.63, 3.8) is 0 Å². The SMILES string of the molecule is C/C=C\N=CC1C(C)CC1CC. The maximum Gasteiger partial charge on any atom is 0.0221 e. The van der Waals surface area contributed by atoms with Gasteiger partial charge in [-0.15, -0.1) is 0 Å². The first-order chi connectivity index (χ1) is 5.79. The minimum atomic E-state index is 0.742. The van der Waals surface area contributed by atoms with Crippen molar-refractivity contribution in [2.24, 2.45) is 22.7 Å². The summed E-state index contributed by atoms with van der Waals surface area (Å²) in [6.07, 6.45) is 8.67. The van der Waals surface area contributed by atoms with E-state index in [9.17, 15) is 0 Å². The van der Waals surface area contributed by atoms with Crippen molar-refractivity contribution in [3.8, 4) is 0 Å². The first-order valence-electron chi connectivity index (χ1n) is 4.94. The van der Waals surface area contributed by atoms with E-state index in [0.717, 1.165) is 17.8 Å². The summed E-state index contributed by atoms with van der Waals surface area (Å²) in [6.45, 7) is 6.59. The zero-order valence-electron chi connectivity index (χ0n) is 8.33. The first kappa shape index (κ1) is 9.50. The molecule has 1 heteroatoms. The van der Waals surface area contributed by atoms with Crippen LogP contribution < -0.4 is 0 Å². The third-order valence-corrected chi connectivity index (χ3v) is 2.89. The number of nitrogens with zero attached hydrogens (tertiary/aromatic N) is 1. The standard InChI is InChI=1S/C11H19N/c1-4-6-12-8-11-9(3)7-10(11)5-2/h4,6,8-11H,5,7H2,1-3H3/b6-4-,12-8?. The summed E-state index contributed by atoms with van der Waals surface area (Å²) in [5.74, 6) is 2.49. The molecule has 68 valence electrons. The van der Waals surface area contributed by atoms with Crippen molar-refractivity contribution in [1.29, 1.82) is 0 Å². The fraction of sp³-hybridized carbons (Fsp3) is 0.727. The molecule has 0 aromatic rings. The van der Waals surface area contributed by atoms with Crippen LogP contribution >= 0.6 is 0 Å². The normalized spacial score (nSPS) is 36.1. The summed E-state index contributed by atoms with van der Waals surface area (Å²) in [6, 6.07) is 0. The number of hydrogen-bond acceptors (Lipinski definition) is 1. The summed E-state index contributed by atoms with van der Waals surface area (Å²) in [5.41, 5.74) is 0. The van der Waals surface area contributed by atoms with Gasteiger partial charge in [-0.1, -0.05) is 26.3 Å². The monoisotopic (exact) mass is 165 g/mol. The Labute approximate surface area is 75.6 Å². The molecule has 0 N–H and O–H groups in total. The van der Waals surface area contributed by atoms with Crippen LogP contribution in [-0.2, 0) is 0 Å². The van der Waals surface area contributed by atoms with Gasteiger partial charge in [-0.25, -0.2) is 0 Å². The molecule has 0 heterocycles. The highest BCUT2D eigenvalue weighted by Crippen LogP contribution is 2.40. The van der Waals surface area contributed by atoms with Gasteiger partial charge in [-0.3, -0.25) is 4.99 Å². The van der Waals surface area contributed by atoms with E-state index in [1.54, 1.807) is 0 Å². The molecule has 0 amide bonds. The van der Waals surface area contributed by atoms with Gasteiger partial charge in [0, 0.05) is 12.4 Å². The van der Waals surface area contributed by atoms with Gasteiger partial charge < -0.3 is 0 Å². The van der Waals surface area contributed by atoms with Crippen LogP contribution in [-0.4, -0.2) is 6.21 Å². The molecular weight excluding hydrogens is 146 g/mol. The first-order valence-corrected chi connectivity index (χ1v) is 4.94. The second kappa shape index (κ2) is 4.44. The molecule has 3 unspecified atom stereocenters. The Bertz CT molecular complexity index is 181. The second-order valence-electron chi connectivity index (χ2n) is 3.74. The van der Waals surface area contributed by atoms with Gasteiger partial charge in [0.25, 0.3) is 0 Å². The highest BCUT2D eigenvalue weighted by molar-refractivity contribution is 5.63. The Morgan fingerprint density at radius 2 is 2.25 bits per heavy atom. The third-order valence-electron chi connectivity index (χ3n) is 2.89. The average molecular weight is 165 g/mol. The predicted octanol–water partition coefficient (Wildman–Crippen LogP) is 3.27. The molecule has 1 saturated carbocycles. The summed E-state index contributed by atoms with van der Waals surface area (Å²) < 4.78 is 0. The molecule has 0 aromatic carbocycles. The number of hydrogen-bond donors (Lipinski definition) is 0. The lowest BCUT2D eigenvalue weighted by atomic mass is 9.65. The summed E-state index contributed by atoms with van der Waals surface area (Å²) in [7, 11) is 0. The Balaban J connectivity index is 2.39. The smallest absolute Gasteiger partial charge is 0.0221 e. The summed E-state index contributed by atoms with van der Waals surface area (Å²) in [5, 5.41) is 0. The van der Waals surface area contributed by atoms with Crippen molar-refractivity contribution >= 4 is 6.21 Å². The van der Waals surface area contributed by atoms with E-state index in [0.29, 0.717) is 0 Å². The Morgan fingerprint density at radius 1 is 1.50 bits per heavy atom. The topological polar surface area (TPSA) is 12.4 Å². The van der Waals surface area contributed by atoms with E-state index in [-0.39, 0.29) is 0 Å². The van der Waals surface area contributed by atoms with Crippen molar-refractivity contribution in [3.05, 3.63) is 12.3 Å². The van der Waals surface area contributed by atoms with Crippen molar-refractivity contribution in [2.75, 3.05) is 0 Å². The molecule has 0 aromatic heterocycles. The lowest BCUT2D eigenvalue weighted by molar-refractivity contribution is 0.147. The van der Waals surface area contributed by atoms with Crippen LogP contribution in [0.25, 0.3) is 0 Å². The van der Waals surface area contributed by atoms with Crippen molar-refractivity contribution in [2.45, 2.75) is 33.6 Å². The number of allylic oxidation sites excluding steroid dienone is 1. The highest BCUT2D eigenvalue weighted by Gasteiger charge is 2.34. The molecular formula is C11H19N. The molecule has 12 heavy (non-hydrogen) atoms. The molecule has 0 aliphatic heterocycles. The third kappa shape index (κ3) is 1.96. The molecule has 0 bridgehead atoms. The van der Waals surface area contributed by atoms with Crippen LogP contribution in [0.4, 0.5) is 0 Å². The molecule has 1 aliphatic rings. The quantitative estimate of drug-likeness (QED) is 0.569. The largest absolute Gasteiger partial charge is 0.269 e. The van der Waals surface area contributed by atoms with Crippen molar-refractivity contribution < 1.29 is 0 Å². The maximum absolute atomic E-state index is 4.25. The van der Waals surface area contributed by atoms with Crippen LogP contribution in [0.2, 0.25) is 0 Å². The lowest BCUT2D eigenvalue weighted by Crippen LogP contribution is -2.35. The maximum atomic E-state index is 4.25. The zero-order valence-corrected chi connectivity index (χ0v) is 8.33. The molecule has 1 fully saturated rings. The highest BCUT2D eigenvalue weighted by atomic mass is 14.7. The van der Waals surface area contributed by atoms with E-state index >= 15 is 0 Å². The van der Waals surface area contributed by atoms with Gasteiger partial charge in [0.15, 0.2) is 0 Å². The molecule has 1 aliphatic carbocycles. The second-order valence-corrected chi connectivity index (χ2v) is 3.74. The molecule has 0 saturated heterocycles. The van der Waals surface area contributed by atoms with E-state index in [2.05, 4.69) is 25.1 Å². The van der Waals surface area contributed by atoms with Gasteiger partial charge in [-0.05, 0) is 31.1 Å². The molecule has 3 atom stereocenters. The van der Waals surface area contributed by atoms with Crippen molar-refractivity contribution in [1.82, 2.24) is 0 Å². The van der Waals surface area contributed by atoms with E-state index in [1.165, 1.54) is 12.8 Å². The predicted molar refractivity (Wildman–Crippen MR) is 54.4 cm³/mol. The van der Waals surface area contributed by atoms with Crippen LogP contribution in [0.15, 0.2) is 17.3 Å². The van der Waals surface area contributed by atoms with Gasteiger partial charge in [0.2, 0.25) is 0 Å². The number of aliphatic imine (C=N–C) groups is 1. The number of rotatable bonds is 3. The fourth-order valence-electron chi connectivity index (χ4n) is 2.00. The van der Waals surface area contributed by atoms with Crippen LogP contribution in [0.3, 0.4) is 0 Å². The lowest BCUT2D eigenvalue weighted by Gasteiger charge is -2.40. The van der Waals surface area contributed by atoms with Crippen LogP contribution in [0.5, 0.6) is 0 Å². The van der Waals surface area contributed by atoms with E-state index in [1.807, 2.05) is 19.2 Å². The summed E-state index contributed by atoms with van der Waals surface area (Å²) in [4.78, 5) is 4.25. The minimum absolute atomic E-state index is 0.742. The fourth-order valence-corrected chi connectivity index (χ4v) is 2.00. The van der Waals surface area contributed by atoms with Crippen LogP contribution in [0.1, 0.15) is 33.6 Å². The average Bonchev–Trinajstić information content (AvgIpc) is 2.08. The molecule has 0 spiro atoms. The zero-order chi connectivity index (χ0) is 8.97. The van der Waals surface area contributed by atoms with Crippen LogP contribution in [0, 0.1) is 17.8 Å². The van der Waals surface area contributed by atoms with E-state index in [4.69, 9.17) is 0 Å². The van der Waals surface area contributed by atoms with Gasteiger partial charge in [0.05, 0.1) is 0 Å². The van der Waals surface area contributed by atoms with Gasteiger partial charge in [-0.2, -0.15) is 0 Å². The summed E-state index contributed by atoms with van der Waals surface area (Å²) >= 11 is 0. The van der Waals surface area contributed by atoms with Gasteiger partial charge >= 0.3 is 0 Å². The molecule has 0 radical (unpaired) electrons. The Hall–Kier alpha value is -0.590. The Kier molecular flexibility index (Phi) is 3.51. The molecule has 1 nitrogen and oxygen atoms in total. The minimum Gasteiger partial charge on any atom is -0.269 e. The molecule has 1 rings (SSSR count). The van der Waals surface area contributed by atoms with E-state index < -0.39 is 0 Å².